The summed E-state index contributed by atoms with van der Waals surface area (Å²) in [7, 11) is 3.04. The molecular formula is C7H18ClNSi. The molecule has 0 spiro atoms. The molecule has 62 valence electrons. The third kappa shape index (κ3) is 5.27. The Morgan fingerprint density at radius 2 is 1.70 bits per heavy atom. The van der Waals surface area contributed by atoms with Crippen LogP contribution in [0.1, 0.15) is 20.8 Å². The van der Waals surface area contributed by atoms with Crippen molar-refractivity contribution in [1.29, 1.82) is 0 Å². The van der Waals surface area contributed by atoms with Crippen molar-refractivity contribution >= 4 is 19.3 Å². The first-order valence-corrected chi connectivity index (χ1v) is 6.71. The van der Waals surface area contributed by atoms with Crippen molar-refractivity contribution in [2.75, 3.05) is 14.1 Å². The lowest BCUT2D eigenvalue weighted by atomic mass is 10.0. The van der Waals surface area contributed by atoms with Crippen LogP contribution in [0.15, 0.2) is 0 Å². The Kier molecular flexibility index (Phi) is 3.92. The summed E-state index contributed by atoms with van der Waals surface area (Å²) in [6.07, 6.45) is 0. The SMILES string of the molecule is CN(C)[SiH](Cl)CC(C)(C)C. The van der Waals surface area contributed by atoms with Crippen LogP contribution in [0.4, 0.5) is 0 Å². The third-order valence-electron chi connectivity index (χ3n) is 1.34. The minimum Gasteiger partial charge on any atom is -0.320 e. The van der Waals surface area contributed by atoms with Crippen LogP contribution >= 0.6 is 11.1 Å². The van der Waals surface area contributed by atoms with Gasteiger partial charge in [0.1, 0.15) is 0 Å². The maximum Gasteiger partial charge on any atom is 0.213 e. The molecule has 0 bridgehead atoms. The van der Waals surface area contributed by atoms with E-state index in [-0.39, 0.29) is 0 Å². The monoisotopic (exact) mass is 179 g/mol. The molecule has 1 nitrogen and oxygen atoms in total. The van der Waals surface area contributed by atoms with Gasteiger partial charge in [-0.2, -0.15) is 11.1 Å². The first-order chi connectivity index (χ1) is 4.33. The van der Waals surface area contributed by atoms with Crippen molar-refractivity contribution in [1.82, 2.24) is 4.57 Å². The van der Waals surface area contributed by atoms with Crippen LogP contribution in [-0.4, -0.2) is 26.9 Å². The van der Waals surface area contributed by atoms with Crippen LogP contribution in [0.3, 0.4) is 0 Å². The summed E-state index contributed by atoms with van der Waals surface area (Å²) < 4.78 is 2.17. The van der Waals surface area contributed by atoms with E-state index in [2.05, 4.69) is 39.4 Å². The topological polar surface area (TPSA) is 3.24 Å². The summed E-state index contributed by atoms with van der Waals surface area (Å²) in [5.74, 6) is 0. The zero-order valence-corrected chi connectivity index (χ0v) is 9.52. The molecule has 0 N–H and O–H groups in total. The molecule has 0 rings (SSSR count). The summed E-state index contributed by atoms with van der Waals surface area (Å²) in [5, 5.41) is 0. The van der Waals surface area contributed by atoms with E-state index < -0.39 is 8.27 Å². The molecule has 0 saturated heterocycles. The lowest BCUT2D eigenvalue weighted by Crippen LogP contribution is -2.30. The summed E-state index contributed by atoms with van der Waals surface area (Å²) in [4.78, 5) is 0. The van der Waals surface area contributed by atoms with Gasteiger partial charge in [-0.3, -0.25) is 0 Å². The minimum absolute atomic E-state index is 0.392. The Balaban J connectivity index is 3.68. The second kappa shape index (κ2) is 3.74. The van der Waals surface area contributed by atoms with Gasteiger partial charge < -0.3 is 4.57 Å². The number of hydrogen-bond acceptors (Lipinski definition) is 1. The maximum atomic E-state index is 6.17. The lowest BCUT2D eigenvalue weighted by molar-refractivity contribution is 0.453. The molecule has 0 aliphatic carbocycles. The molecule has 0 aliphatic heterocycles. The molecule has 0 saturated carbocycles. The predicted molar refractivity (Wildman–Crippen MR) is 51.0 cm³/mol. The van der Waals surface area contributed by atoms with Crippen molar-refractivity contribution in [3.05, 3.63) is 0 Å². The predicted octanol–water partition coefficient (Wildman–Crippen LogP) is 2.05. The zero-order chi connectivity index (χ0) is 8.36. The second-order valence-electron chi connectivity index (χ2n) is 4.16. The van der Waals surface area contributed by atoms with Crippen LogP contribution in [-0.2, 0) is 0 Å². The smallest absolute Gasteiger partial charge is 0.213 e. The van der Waals surface area contributed by atoms with Gasteiger partial charge in [0.25, 0.3) is 0 Å². The van der Waals surface area contributed by atoms with E-state index in [9.17, 15) is 0 Å². The molecule has 0 heterocycles. The molecule has 0 aromatic heterocycles. The molecular weight excluding hydrogens is 162 g/mol. The van der Waals surface area contributed by atoms with Gasteiger partial charge in [0, 0.05) is 0 Å². The molecule has 10 heavy (non-hydrogen) atoms. The average Bonchev–Trinajstić information content (AvgIpc) is 1.60. The molecule has 1 atom stereocenters. The molecule has 0 aliphatic rings. The molecule has 0 fully saturated rings. The summed E-state index contributed by atoms with van der Waals surface area (Å²) in [6, 6.07) is 1.17. The molecule has 0 amide bonds. The first kappa shape index (κ1) is 10.5. The third-order valence-corrected chi connectivity index (χ3v) is 5.66. The van der Waals surface area contributed by atoms with Gasteiger partial charge >= 0.3 is 0 Å². The zero-order valence-electron chi connectivity index (χ0n) is 7.61. The summed E-state index contributed by atoms with van der Waals surface area (Å²) >= 11 is 6.17. The molecule has 0 radical (unpaired) electrons. The van der Waals surface area contributed by atoms with E-state index in [1.54, 1.807) is 0 Å². The van der Waals surface area contributed by atoms with Crippen molar-refractivity contribution < 1.29 is 0 Å². The van der Waals surface area contributed by atoms with E-state index in [0.29, 0.717) is 5.41 Å². The van der Waals surface area contributed by atoms with Crippen LogP contribution in [0.25, 0.3) is 0 Å². The highest BCUT2D eigenvalue weighted by Gasteiger charge is 2.19. The van der Waals surface area contributed by atoms with Gasteiger partial charge in [-0.25, -0.2) is 0 Å². The molecule has 3 heteroatoms. The van der Waals surface area contributed by atoms with E-state index >= 15 is 0 Å². The number of rotatable bonds is 2. The fraction of sp³-hybridized carbons (Fsp3) is 1.00. The Morgan fingerprint density at radius 1 is 1.30 bits per heavy atom. The van der Waals surface area contributed by atoms with E-state index in [1.165, 1.54) is 6.04 Å². The largest absolute Gasteiger partial charge is 0.320 e. The molecule has 1 unspecified atom stereocenters. The van der Waals surface area contributed by atoms with Gasteiger partial charge in [-0.05, 0) is 25.6 Å². The Hall–Kier alpha value is 0.467. The maximum absolute atomic E-state index is 6.17. The van der Waals surface area contributed by atoms with E-state index in [1.807, 2.05) is 0 Å². The van der Waals surface area contributed by atoms with Gasteiger partial charge in [0.15, 0.2) is 0 Å². The number of halogens is 1. The van der Waals surface area contributed by atoms with Gasteiger partial charge in [0.05, 0.1) is 0 Å². The Bertz CT molecular complexity index is 98.3. The van der Waals surface area contributed by atoms with Gasteiger partial charge in [-0.1, -0.05) is 20.8 Å². The second-order valence-corrected chi connectivity index (χ2v) is 7.98. The number of nitrogens with zero attached hydrogens (tertiary/aromatic N) is 1. The summed E-state index contributed by atoms with van der Waals surface area (Å²) in [5.41, 5.74) is 0.392. The van der Waals surface area contributed by atoms with Crippen molar-refractivity contribution in [3.63, 3.8) is 0 Å². The lowest BCUT2D eigenvalue weighted by Gasteiger charge is -2.24. The van der Waals surface area contributed by atoms with Crippen LogP contribution < -0.4 is 0 Å². The quantitative estimate of drug-likeness (QED) is 0.464. The summed E-state index contributed by atoms with van der Waals surface area (Å²) in [6.45, 7) is 6.70. The Morgan fingerprint density at radius 3 is 1.80 bits per heavy atom. The van der Waals surface area contributed by atoms with Crippen molar-refractivity contribution in [2.24, 2.45) is 5.41 Å². The standard InChI is InChI=1S/C7H18ClNSi/c1-7(2,3)6-10(8)9(4)5/h10H,6H2,1-5H3. The first-order valence-electron chi connectivity index (χ1n) is 3.63. The highest BCUT2D eigenvalue weighted by atomic mass is 35.6. The van der Waals surface area contributed by atoms with Crippen LogP contribution in [0, 0.1) is 5.41 Å². The van der Waals surface area contributed by atoms with Crippen molar-refractivity contribution in [3.8, 4) is 0 Å². The van der Waals surface area contributed by atoms with E-state index in [0.717, 1.165) is 0 Å². The fourth-order valence-corrected chi connectivity index (χ4v) is 3.45. The highest BCUT2D eigenvalue weighted by Crippen LogP contribution is 2.23. The highest BCUT2D eigenvalue weighted by molar-refractivity contribution is 7.05. The van der Waals surface area contributed by atoms with Crippen molar-refractivity contribution in [2.45, 2.75) is 26.8 Å². The van der Waals surface area contributed by atoms with E-state index in [4.69, 9.17) is 11.1 Å². The van der Waals surface area contributed by atoms with Crippen LogP contribution in [0.5, 0.6) is 0 Å². The molecule has 0 aromatic rings. The normalized spacial score (nSPS) is 15.9. The molecule has 0 aromatic carbocycles. The fourth-order valence-electron chi connectivity index (χ4n) is 0.688. The minimum atomic E-state index is -1.09. The van der Waals surface area contributed by atoms with Crippen LogP contribution in [0.2, 0.25) is 6.04 Å². The number of hydrogen-bond donors (Lipinski definition) is 0. The van der Waals surface area contributed by atoms with Gasteiger partial charge in [0.2, 0.25) is 8.27 Å². The average molecular weight is 180 g/mol. The van der Waals surface area contributed by atoms with Gasteiger partial charge in [-0.15, -0.1) is 0 Å². The Labute approximate surface area is 70.8 Å².